The van der Waals surface area contributed by atoms with Gasteiger partial charge in [0.05, 0.1) is 6.10 Å². The largest absolute Gasteiger partial charge is 0.376 e. The number of hydrogen-bond donors (Lipinski definition) is 2. The summed E-state index contributed by atoms with van der Waals surface area (Å²) in [5.41, 5.74) is 1.35. The van der Waals surface area contributed by atoms with Crippen LogP contribution in [0.15, 0.2) is 24.3 Å². The van der Waals surface area contributed by atoms with Crippen LogP contribution < -0.4 is 10.6 Å². The van der Waals surface area contributed by atoms with E-state index in [2.05, 4.69) is 10.6 Å². The molecule has 2 N–H and O–H groups in total. The van der Waals surface area contributed by atoms with Crippen LogP contribution in [0.5, 0.6) is 0 Å². The van der Waals surface area contributed by atoms with Crippen LogP contribution in [-0.2, 0) is 9.53 Å². The van der Waals surface area contributed by atoms with Gasteiger partial charge in [-0.05, 0) is 49.9 Å². The fraction of sp³-hybridized carbons (Fsp3) is 0.579. The summed E-state index contributed by atoms with van der Waals surface area (Å²) in [7, 11) is 0. The van der Waals surface area contributed by atoms with Crippen LogP contribution in [0.1, 0.15) is 55.3 Å². The Balaban J connectivity index is 1.48. The fourth-order valence-corrected chi connectivity index (χ4v) is 3.43. The van der Waals surface area contributed by atoms with Crippen LogP contribution in [0.4, 0.5) is 5.69 Å². The van der Waals surface area contributed by atoms with E-state index < -0.39 is 0 Å². The summed E-state index contributed by atoms with van der Waals surface area (Å²) in [5, 5.41) is 5.87. The second-order valence-corrected chi connectivity index (χ2v) is 6.75. The normalized spacial score (nSPS) is 21.4. The first-order chi connectivity index (χ1) is 11.7. The maximum absolute atomic E-state index is 12.2. The van der Waals surface area contributed by atoms with Crippen molar-refractivity contribution in [3.05, 3.63) is 29.8 Å². The molecule has 0 spiro atoms. The van der Waals surface area contributed by atoms with Crippen LogP contribution >= 0.6 is 0 Å². The molecule has 0 radical (unpaired) electrons. The molecule has 1 aromatic carbocycles. The number of benzene rings is 1. The Morgan fingerprint density at radius 3 is 2.42 bits per heavy atom. The summed E-state index contributed by atoms with van der Waals surface area (Å²) in [6.07, 6.45) is 7.69. The van der Waals surface area contributed by atoms with Gasteiger partial charge in [0, 0.05) is 30.3 Å². The highest BCUT2D eigenvalue weighted by Gasteiger charge is 2.21. The summed E-state index contributed by atoms with van der Waals surface area (Å²) in [6, 6.07) is 7.09. The number of amides is 2. The number of nitrogens with one attached hydrogen (secondary N) is 2. The van der Waals surface area contributed by atoms with Crippen molar-refractivity contribution in [2.75, 3.05) is 18.5 Å². The van der Waals surface area contributed by atoms with Gasteiger partial charge in [-0.2, -0.15) is 0 Å². The van der Waals surface area contributed by atoms with Crippen LogP contribution in [0.3, 0.4) is 0 Å². The average Bonchev–Trinajstić information content (AvgIpc) is 3.14. The highest BCUT2D eigenvalue weighted by atomic mass is 16.5. The molecule has 0 bridgehead atoms. The lowest BCUT2D eigenvalue weighted by Crippen LogP contribution is -2.31. The summed E-state index contributed by atoms with van der Waals surface area (Å²) in [6.45, 7) is 1.34. The van der Waals surface area contributed by atoms with Crippen LogP contribution in [0.2, 0.25) is 0 Å². The van der Waals surface area contributed by atoms with Crippen molar-refractivity contribution in [1.82, 2.24) is 5.32 Å². The van der Waals surface area contributed by atoms with Crippen molar-refractivity contribution in [2.24, 2.45) is 5.92 Å². The van der Waals surface area contributed by atoms with E-state index in [1.807, 2.05) is 0 Å². The summed E-state index contributed by atoms with van der Waals surface area (Å²) < 4.78 is 5.50. The van der Waals surface area contributed by atoms with Gasteiger partial charge in [0.2, 0.25) is 5.91 Å². The highest BCUT2D eigenvalue weighted by molar-refractivity contribution is 5.96. The molecule has 2 fully saturated rings. The van der Waals surface area contributed by atoms with Gasteiger partial charge in [-0.25, -0.2) is 0 Å². The summed E-state index contributed by atoms with van der Waals surface area (Å²) in [4.78, 5) is 24.4. The highest BCUT2D eigenvalue weighted by Crippen LogP contribution is 2.25. The molecule has 2 amide bonds. The molecule has 24 heavy (non-hydrogen) atoms. The zero-order chi connectivity index (χ0) is 16.8. The fourth-order valence-electron chi connectivity index (χ4n) is 3.43. The molecule has 0 unspecified atom stereocenters. The first-order valence-corrected chi connectivity index (χ1v) is 9.03. The summed E-state index contributed by atoms with van der Waals surface area (Å²) in [5.74, 6) is 0.133. The van der Waals surface area contributed by atoms with Gasteiger partial charge in [0.25, 0.3) is 5.91 Å². The van der Waals surface area contributed by atoms with Gasteiger partial charge in [0.15, 0.2) is 0 Å². The zero-order valence-electron chi connectivity index (χ0n) is 14.1. The van der Waals surface area contributed by atoms with E-state index in [0.717, 1.165) is 50.8 Å². The second-order valence-electron chi connectivity index (χ2n) is 6.75. The molecule has 1 saturated carbocycles. The van der Waals surface area contributed by atoms with Crippen LogP contribution in [0, 0.1) is 5.92 Å². The van der Waals surface area contributed by atoms with E-state index >= 15 is 0 Å². The van der Waals surface area contributed by atoms with Gasteiger partial charge in [-0.3, -0.25) is 9.59 Å². The molecule has 0 aromatic heterocycles. The lowest BCUT2D eigenvalue weighted by atomic mass is 9.88. The third-order valence-corrected chi connectivity index (χ3v) is 4.90. The van der Waals surface area contributed by atoms with Gasteiger partial charge in [-0.1, -0.05) is 19.3 Å². The van der Waals surface area contributed by atoms with E-state index in [4.69, 9.17) is 4.74 Å². The number of anilines is 1. The maximum Gasteiger partial charge on any atom is 0.251 e. The Bertz CT molecular complexity index is 558. The molecule has 5 heteroatoms. The van der Waals surface area contributed by atoms with Gasteiger partial charge in [-0.15, -0.1) is 0 Å². The van der Waals surface area contributed by atoms with Gasteiger partial charge in [0.1, 0.15) is 0 Å². The number of carbonyl (C=O) groups excluding carboxylic acids is 2. The van der Waals surface area contributed by atoms with E-state index in [9.17, 15) is 9.59 Å². The number of hydrogen-bond acceptors (Lipinski definition) is 3. The molecule has 1 aliphatic carbocycles. The molecule has 1 atom stereocenters. The lowest BCUT2D eigenvalue weighted by Gasteiger charge is -2.20. The van der Waals surface area contributed by atoms with E-state index in [0.29, 0.717) is 12.1 Å². The SMILES string of the molecule is O=C(NC[C@H]1CCCO1)c1ccc(NC(=O)C2CCCCC2)cc1. The Labute approximate surface area is 143 Å². The Kier molecular flexibility index (Phi) is 5.86. The molecule has 2 aliphatic rings. The molecule has 5 nitrogen and oxygen atoms in total. The van der Waals surface area contributed by atoms with Crippen molar-refractivity contribution in [3.63, 3.8) is 0 Å². The lowest BCUT2D eigenvalue weighted by molar-refractivity contribution is -0.120. The molecule has 130 valence electrons. The summed E-state index contributed by atoms with van der Waals surface area (Å²) >= 11 is 0. The quantitative estimate of drug-likeness (QED) is 0.872. The molecule has 1 heterocycles. The number of rotatable bonds is 5. The minimum absolute atomic E-state index is 0.101. The average molecular weight is 330 g/mol. The molecule has 1 saturated heterocycles. The molecule has 3 rings (SSSR count). The Morgan fingerprint density at radius 1 is 1.00 bits per heavy atom. The third kappa shape index (κ3) is 4.57. The Hall–Kier alpha value is -1.88. The van der Waals surface area contributed by atoms with E-state index in [-0.39, 0.29) is 23.8 Å². The maximum atomic E-state index is 12.2. The molecular weight excluding hydrogens is 304 g/mol. The third-order valence-electron chi connectivity index (χ3n) is 4.90. The number of ether oxygens (including phenoxy) is 1. The van der Waals surface area contributed by atoms with Crippen molar-refractivity contribution >= 4 is 17.5 Å². The first kappa shape index (κ1) is 17.0. The zero-order valence-corrected chi connectivity index (χ0v) is 14.1. The van der Waals surface area contributed by atoms with E-state index in [1.54, 1.807) is 24.3 Å². The monoisotopic (exact) mass is 330 g/mol. The Morgan fingerprint density at radius 2 is 1.75 bits per heavy atom. The van der Waals surface area contributed by atoms with Crippen molar-refractivity contribution in [1.29, 1.82) is 0 Å². The van der Waals surface area contributed by atoms with Crippen molar-refractivity contribution < 1.29 is 14.3 Å². The van der Waals surface area contributed by atoms with Crippen LogP contribution in [0.25, 0.3) is 0 Å². The second kappa shape index (κ2) is 8.29. The smallest absolute Gasteiger partial charge is 0.251 e. The minimum Gasteiger partial charge on any atom is -0.376 e. The molecule has 1 aliphatic heterocycles. The van der Waals surface area contributed by atoms with Gasteiger partial charge < -0.3 is 15.4 Å². The van der Waals surface area contributed by atoms with Crippen LogP contribution in [-0.4, -0.2) is 31.1 Å². The topological polar surface area (TPSA) is 67.4 Å². The predicted molar refractivity (Wildman–Crippen MR) is 93.0 cm³/mol. The number of carbonyl (C=O) groups is 2. The molecule has 1 aromatic rings. The minimum atomic E-state index is -0.101. The van der Waals surface area contributed by atoms with Gasteiger partial charge >= 0.3 is 0 Å². The first-order valence-electron chi connectivity index (χ1n) is 9.03. The van der Waals surface area contributed by atoms with Crippen molar-refractivity contribution in [3.8, 4) is 0 Å². The predicted octanol–water partition coefficient (Wildman–Crippen LogP) is 3.11. The van der Waals surface area contributed by atoms with Crippen molar-refractivity contribution in [2.45, 2.75) is 51.0 Å². The standard InChI is InChI=1S/C19H26N2O3/c22-18(20-13-17-7-4-12-24-17)15-8-10-16(11-9-15)21-19(23)14-5-2-1-3-6-14/h8-11,14,17H,1-7,12-13H2,(H,20,22)(H,21,23)/t17-/m1/s1. The van der Waals surface area contributed by atoms with E-state index in [1.165, 1.54) is 6.42 Å². The molecular formula is C19H26N2O3.